The molecule has 0 spiro atoms. The van der Waals surface area contributed by atoms with E-state index in [1.54, 1.807) is 0 Å². The monoisotopic (exact) mass is 339 g/mol. The van der Waals surface area contributed by atoms with Gasteiger partial charge in [-0.1, -0.05) is 36.4 Å². The Morgan fingerprint density at radius 3 is 2.76 bits per heavy atom. The van der Waals surface area contributed by atoms with Gasteiger partial charge in [-0.3, -0.25) is 4.90 Å². The lowest BCUT2D eigenvalue weighted by atomic mass is 10.1. The SMILES string of the molecule is Cc1ccccc1COc1cccc(CNCCN2CCNCC2)c1. The fraction of sp³-hybridized carbons (Fsp3) is 0.429. The molecule has 0 atom stereocenters. The van der Waals surface area contributed by atoms with Gasteiger partial charge in [-0.05, 0) is 35.7 Å². The molecule has 2 aromatic rings. The number of benzene rings is 2. The molecule has 0 saturated carbocycles. The van der Waals surface area contributed by atoms with Crippen LogP contribution in [0.25, 0.3) is 0 Å². The van der Waals surface area contributed by atoms with E-state index in [4.69, 9.17) is 4.74 Å². The largest absolute Gasteiger partial charge is 0.489 e. The smallest absolute Gasteiger partial charge is 0.120 e. The number of hydrogen-bond acceptors (Lipinski definition) is 4. The van der Waals surface area contributed by atoms with Crippen molar-refractivity contribution in [3.8, 4) is 5.75 Å². The summed E-state index contributed by atoms with van der Waals surface area (Å²) in [4.78, 5) is 2.51. The minimum Gasteiger partial charge on any atom is -0.489 e. The van der Waals surface area contributed by atoms with Crippen molar-refractivity contribution in [2.24, 2.45) is 0 Å². The number of ether oxygens (including phenoxy) is 1. The van der Waals surface area contributed by atoms with Crippen molar-refractivity contribution in [1.82, 2.24) is 15.5 Å². The number of nitrogens with one attached hydrogen (secondary N) is 2. The molecule has 0 aromatic heterocycles. The molecule has 25 heavy (non-hydrogen) atoms. The predicted molar refractivity (Wildman–Crippen MR) is 103 cm³/mol. The summed E-state index contributed by atoms with van der Waals surface area (Å²) in [5.74, 6) is 0.935. The fourth-order valence-corrected chi connectivity index (χ4v) is 3.08. The number of nitrogens with zero attached hydrogens (tertiary/aromatic N) is 1. The highest BCUT2D eigenvalue weighted by molar-refractivity contribution is 5.30. The summed E-state index contributed by atoms with van der Waals surface area (Å²) >= 11 is 0. The Morgan fingerprint density at radius 1 is 1.08 bits per heavy atom. The number of piperazine rings is 1. The molecule has 0 bridgehead atoms. The van der Waals surface area contributed by atoms with E-state index in [9.17, 15) is 0 Å². The molecular formula is C21H29N3O. The highest BCUT2D eigenvalue weighted by atomic mass is 16.5. The van der Waals surface area contributed by atoms with Crippen LogP contribution in [0.1, 0.15) is 16.7 Å². The minimum atomic E-state index is 0.618. The minimum absolute atomic E-state index is 0.618. The Bertz CT molecular complexity index is 653. The topological polar surface area (TPSA) is 36.5 Å². The van der Waals surface area contributed by atoms with Crippen LogP contribution in [-0.4, -0.2) is 44.2 Å². The van der Waals surface area contributed by atoms with Gasteiger partial charge in [-0.15, -0.1) is 0 Å². The second-order valence-corrected chi connectivity index (χ2v) is 6.63. The van der Waals surface area contributed by atoms with Crippen LogP contribution in [-0.2, 0) is 13.2 Å². The maximum absolute atomic E-state index is 5.97. The maximum Gasteiger partial charge on any atom is 0.120 e. The number of rotatable bonds is 8. The zero-order valence-electron chi connectivity index (χ0n) is 15.1. The molecule has 3 rings (SSSR count). The summed E-state index contributed by atoms with van der Waals surface area (Å²) in [6, 6.07) is 16.8. The normalized spacial score (nSPS) is 15.2. The van der Waals surface area contributed by atoms with Crippen molar-refractivity contribution in [2.45, 2.75) is 20.1 Å². The molecule has 1 aliphatic rings. The third kappa shape index (κ3) is 5.85. The lowest BCUT2D eigenvalue weighted by Gasteiger charge is -2.27. The maximum atomic E-state index is 5.97. The van der Waals surface area contributed by atoms with E-state index in [2.05, 4.69) is 64.9 Å². The van der Waals surface area contributed by atoms with Crippen LogP contribution in [0.15, 0.2) is 48.5 Å². The molecule has 1 heterocycles. The van der Waals surface area contributed by atoms with E-state index in [1.165, 1.54) is 16.7 Å². The summed E-state index contributed by atoms with van der Waals surface area (Å²) in [6.45, 7) is 10.3. The average molecular weight is 339 g/mol. The van der Waals surface area contributed by atoms with Crippen LogP contribution in [0.3, 0.4) is 0 Å². The van der Waals surface area contributed by atoms with Crippen LogP contribution in [0.2, 0.25) is 0 Å². The number of hydrogen-bond donors (Lipinski definition) is 2. The second-order valence-electron chi connectivity index (χ2n) is 6.63. The van der Waals surface area contributed by atoms with E-state index in [1.807, 2.05) is 6.07 Å². The van der Waals surface area contributed by atoms with Gasteiger partial charge in [0, 0.05) is 45.8 Å². The van der Waals surface area contributed by atoms with E-state index in [0.717, 1.165) is 51.6 Å². The average Bonchev–Trinajstić information content (AvgIpc) is 2.66. The van der Waals surface area contributed by atoms with Crippen LogP contribution >= 0.6 is 0 Å². The summed E-state index contributed by atoms with van der Waals surface area (Å²) in [7, 11) is 0. The lowest BCUT2D eigenvalue weighted by Crippen LogP contribution is -2.45. The molecule has 0 unspecified atom stereocenters. The Labute approximate surface area is 151 Å². The van der Waals surface area contributed by atoms with Gasteiger partial charge >= 0.3 is 0 Å². The van der Waals surface area contributed by atoms with Gasteiger partial charge in [0.1, 0.15) is 12.4 Å². The third-order valence-corrected chi connectivity index (χ3v) is 4.70. The highest BCUT2D eigenvalue weighted by Gasteiger charge is 2.08. The molecule has 134 valence electrons. The van der Waals surface area contributed by atoms with Gasteiger partial charge in [0.2, 0.25) is 0 Å². The standard InChI is InChI=1S/C21H29N3O/c1-18-5-2-3-7-20(18)17-25-21-8-4-6-19(15-21)16-23-11-14-24-12-9-22-10-13-24/h2-8,15,22-23H,9-14,16-17H2,1H3. The van der Waals surface area contributed by atoms with Crippen molar-refractivity contribution in [1.29, 1.82) is 0 Å². The molecule has 0 aliphatic carbocycles. The van der Waals surface area contributed by atoms with Gasteiger partial charge in [0.05, 0.1) is 0 Å². The van der Waals surface area contributed by atoms with E-state index in [-0.39, 0.29) is 0 Å². The predicted octanol–water partition coefficient (Wildman–Crippen LogP) is 2.57. The first-order chi connectivity index (χ1) is 12.3. The van der Waals surface area contributed by atoms with E-state index >= 15 is 0 Å². The molecule has 0 radical (unpaired) electrons. The van der Waals surface area contributed by atoms with Gasteiger partial charge in [-0.2, -0.15) is 0 Å². The van der Waals surface area contributed by atoms with Gasteiger partial charge < -0.3 is 15.4 Å². The first-order valence-corrected chi connectivity index (χ1v) is 9.21. The lowest BCUT2D eigenvalue weighted by molar-refractivity contribution is 0.241. The summed E-state index contributed by atoms with van der Waals surface area (Å²) in [6.07, 6.45) is 0. The first-order valence-electron chi connectivity index (χ1n) is 9.21. The molecule has 1 fully saturated rings. The Morgan fingerprint density at radius 2 is 1.92 bits per heavy atom. The molecule has 1 aliphatic heterocycles. The fourth-order valence-electron chi connectivity index (χ4n) is 3.08. The molecule has 0 amide bonds. The molecular weight excluding hydrogens is 310 g/mol. The zero-order chi connectivity index (χ0) is 17.3. The van der Waals surface area contributed by atoms with E-state index in [0.29, 0.717) is 6.61 Å². The van der Waals surface area contributed by atoms with Gasteiger partial charge in [0.15, 0.2) is 0 Å². The van der Waals surface area contributed by atoms with Crippen molar-refractivity contribution in [3.05, 3.63) is 65.2 Å². The molecule has 1 saturated heterocycles. The molecule has 2 N–H and O–H groups in total. The summed E-state index contributed by atoms with van der Waals surface area (Å²) in [5, 5.41) is 6.93. The van der Waals surface area contributed by atoms with Crippen LogP contribution in [0.5, 0.6) is 5.75 Å². The highest BCUT2D eigenvalue weighted by Crippen LogP contribution is 2.16. The first kappa shape index (κ1) is 17.9. The van der Waals surface area contributed by atoms with Crippen LogP contribution in [0.4, 0.5) is 0 Å². The summed E-state index contributed by atoms with van der Waals surface area (Å²) in [5.41, 5.74) is 3.78. The Kier molecular flexibility index (Phi) is 6.86. The molecule has 2 aromatic carbocycles. The van der Waals surface area contributed by atoms with Crippen LogP contribution < -0.4 is 15.4 Å². The van der Waals surface area contributed by atoms with Gasteiger partial charge in [0.25, 0.3) is 0 Å². The van der Waals surface area contributed by atoms with Crippen molar-refractivity contribution >= 4 is 0 Å². The van der Waals surface area contributed by atoms with Crippen LogP contribution in [0, 0.1) is 6.92 Å². The van der Waals surface area contributed by atoms with Gasteiger partial charge in [-0.25, -0.2) is 0 Å². The third-order valence-electron chi connectivity index (χ3n) is 4.70. The Balaban J connectivity index is 1.42. The number of aryl methyl sites for hydroxylation is 1. The second kappa shape index (κ2) is 9.56. The van der Waals surface area contributed by atoms with Crippen molar-refractivity contribution < 1.29 is 4.74 Å². The van der Waals surface area contributed by atoms with Crippen molar-refractivity contribution in [2.75, 3.05) is 39.3 Å². The molecule has 4 nitrogen and oxygen atoms in total. The van der Waals surface area contributed by atoms with Crippen molar-refractivity contribution in [3.63, 3.8) is 0 Å². The van der Waals surface area contributed by atoms with E-state index < -0.39 is 0 Å². The molecule has 4 heteroatoms. The Hall–Kier alpha value is -1.88. The zero-order valence-corrected chi connectivity index (χ0v) is 15.1. The summed E-state index contributed by atoms with van der Waals surface area (Å²) < 4.78 is 5.97. The quantitative estimate of drug-likeness (QED) is 0.725.